The molecule has 2 aromatic rings. The molecule has 0 radical (unpaired) electrons. The van der Waals surface area contributed by atoms with E-state index in [0.29, 0.717) is 12.8 Å². The van der Waals surface area contributed by atoms with Crippen LogP contribution < -0.4 is 0 Å². The minimum Gasteiger partial charge on any atom is -0.258 e. The average Bonchev–Trinajstić information content (AvgIpc) is 3.04. The fraction of sp³-hybridized carbons (Fsp3) is 0.250. The average molecular weight is 395 g/mol. The van der Waals surface area contributed by atoms with Crippen molar-refractivity contribution in [2.24, 2.45) is 4.99 Å². The van der Waals surface area contributed by atoms with E-state index >= 15 is 0 Å². The molecule has 8 heteroatoms. The second-order valence-electron chi connectivity index (χ2n) is 7.23. The predicted octanol–water partition coefficient (Wildman–Crippen LogP) is 3.34. The van der Waals surface area contributed by atoms with Gasteiger partial charge in [0.1, 0.15) is 0 Å². The van der Waals surface area contributed by atoms with Gasteiger partial charge in [-0.1, -0.05) is 42.5 Å². The van der Waals surface area contributed by atoms with Gasteiger partial charge in [0.15, 0.2) is 4.90 Å². The summed E-state index contributed by atoms with van der Waals surface area (Å²) < 4.78 is 28.2. The lowest BCUT2D eigenvalue weighted by Crippen LogP contribution is -2.58. The van der Waals surface area contributed by atoms with Crippen LogP contribution in [0.2, 0.25) is 0 Å². The molecule has 1 aliphatic carbocycles. The maximum absolute atomic E-state index is 13.4. The van der Waals surface area contributed by atoms with Gasteiger partial charge >= 0.3 is 0 Å². The molecule has 0 saturated carbocycles. The molecule has 0 aromatic heterocycles. The number of benzene rings is 2. The number of nitrogens with zero attached hydrogens (tertiary/aromatic N) is 3. The van der Waals surface area contributed by atoms with Gasteiger partial charge in [-0.3, -0.25) is 15.1 Å². The number of para-hydroxylation sites is 2. The van der Waals surface area contributed by atoms with Crippen molar-refractivity contribution in [3.63, 3.8) is 0 Å². The summed E-state index contributed by atoms with van der Waals surface area (Å²) in [5.41, 5.74) is 2.04. The number of rotatable bonds is 3. The van der Waals surface area contributed by atoms with Gasteiger partial charge in [-0.15, -0.1) is 0 Å². The van der Waals surface area contributed by atoms with Crippen molar-refractivity contribution in [1.29, 1.82) is 0 Å². The van der Waals surface area contributed by atoms with E-state index in [1.807, 2.05) is 30.3 Å². The summed E-state index contributed by atoms with van der Waals surface area (Å²) in [6, 6.07) is 13.0. The van der Waals surface area contributed by atoms with Crippen molar-refractivity contribution in [3.05, 3.63) is 76.4 Å². The second-order valence-corrected chi connectivity index (χ2v) is 9.09. The lowest BCUT2D eigenvalue weighted by atomic mass is 9.67. The Labute approximate surface area is 162 Å². The second kappa shape index (κ2) is 5.83. The van der Waals surface area contributed by atoms with E-state index in [1.165, 1.54) is 28.6 Å². The van der Waals surface area contributed by atoms with Crippen molar-refractivity contribution < 1.29 is 13.3 Å². The molecule has 1 saturated heterocycles. The third-order valence-electron chi connectivity index (χ3n) is 5.88. The van der Waals surface area contributed by atoms with E-state index in [4.69, 9.17) is 4.99 Å². The predicted molar refractivity (Wildman–Crippen MR) is 104 cm³/mol. The van der Waals surface area contributed by atoms with Crippen LogP contribution in [0.4, 0.5) is 11.4 Å². The van der Waals surface area contributed by atoms with Crippen LogP contribution in [-0.2, 0) is 15.4 Å². The first-order valence-corrected chi connectivity index (χ1v) is 10.5. The topological polar surface area (TPSA) is 92.9 Å². The Morgan fingerprint density at radius 2 is 1.89 bits per heavy atom. The molecule has 142 valence electrons. The molecule has 2 atom stereocenters. The first kappa shape index (κ1) is 17.3. The van der Waals surface area contributed by atoms with Gasteiger partial charge in [0.25, 0.3) is 15.7 Å². The third-order valence-corrected chi connectivity index (χ3v) is 7.84. The van der Waals surface area contributed by atoms with E-state index in [0.717, 1.165) is 17.0 Å². The van der Waals surface area contributed by atoms with Crippen LogP contribution in [0.1, 0.15) is 18.4 Å². The summed E-state index contributed by atoms with van der Waals surface area (Å²) in [7, 11) is -4.04. The smallest absolute Gasteiger partial charge is 0.258 e. The zero-order valence-corrected chi connectivity index (χ0v) is 15.7. The summed E-state index contributed by atoms with van der Waals surface area (Å²) in [6.07, 6.45) is 5.22. The van der Waals surface area contributed by atoms with Gasteiger partial charge in [0.2, 0.25) is 0 Å². The van der Waals surface area contributed by atoms with Crippen molar-refractivity contribution in [1.82, 2.24) is 4.31 Å². The fourth-order valence-electron chi connectivity index (χ4n) is 4.66. The number of piperidine rings is 1. The van der Waals surface area contributed by atoms with Gasteiger partial charge in [0, 0.05) is 12.6 Å². The maximum Gasteiger partial charge on any atom is 0.289 e. The zero-order valence-electron chi connectivity index (χ0n) is 14.9. The monoisotopic (exact) mass is 395 g/mol. The summed E-state index contributed by atoms with van der Waals surface area (Å²) in [5, 5.41) is 11.4. The molecule has 0 spiro atoms. The van der Waals surface area contributed by atoms with Crippen LogP contribution in [0, 0.1) is 10.1 Å². The largest absolute Gasteiger partial charge is 0.289 e. The summed E-state index contributed by atoms with van der Waals surface area (Å²) >= 11 is 0. The fourth-order valence-corrected chi connectivity index (χ4v) is 6.42. The SMILES string of the molecule is O=[N+]([O-])c1ccccc1S(=O)(=O)N1CCC23C=CCC1C2=Nc1ccccc13. The zero-order chi connectivity index (χ0) is 19.5. The number of sulfonamides is 1. The Balaban J connectivity index is 1.63. The minimum absolute atomic E-state index is 0.266. The van der Waals surface area contributed by atoms with Gasteiger partial charge in [0.05, 0.1) is 27.8 Å². The number of fused-ring (bicyclic) bond motifs is 1. The molecule has 3 aliphatic rings. The van der Waals surface area contributed by atoms with Crippen LogP contribution in [-0.4, -0.2) is 35.9 Å². The first-order valence-electron chi connectivity index (χ1n) is 9.07. The van der Waals surface area contributed by atoms with Crippen molar-refractivity contribution in [2.45, 2.75) is 29.2 Å². The number of hydrogen-bond donors (Lipinski definition) is 0. The highest BCUT2D eigenvalue weighted by molar-refractivity contribution is 7.89. The Hall–Kier alpha value is -2.84. The lowest BCUT2D eigenvalue weighted by Gasteiger charge is -2.45. The van der Waals surface area contributed by atoms with E-state index < -0.39 is 26.7 Å². The molecule has 5 rings (SSSR count). The standard InChI is InChI=1S/C20H17N3O4S/c24-23(25)16-8-3-4-10-18(16)28(26,27)22-13-12-20-11-5-9-17(22)19(20)21-15-7-2-1-6-14(15)20/h1-8,10-11,17H,9,12-13H2. The molecule has 0 amide bonds. The van der Waals surface area contributed by atoms with Crippen LogP contribution in [0.15, 0.2) is 70.6 Å². The molecular formula is C20H17N3O4S. The number of allylic oxidation sites excluding steroid dienone is 1. The number of hydrogen-bond acceptors (Lipinski definition) is 5. The van der Waals surface area contributed by atoms with Crippen molar-refractivity contribution in [3.8, 4) is 0 Å². The Bertz CT molecular complexity index is 1170. The van der Waals surface area contributed by atoms with Crippen LogP contribution in [0.5, 0.6) is 0 Å². The molecule has 2 unspecified atom stereocenters. The Morgan fingerprint density at radius 3 is 2.71 bits per heavy atom. The highest BCUT2D eigenvalue weighted by atomic mass is 32.2. The summed E-state index contributed by atoms with van der Waals surface area (Å²) in [5.74, 6) is 0. The Morgan fingerprint density at radius 1 is 1.14 bits per heavy atom. The quantitative estimate of drug-likeness (QED) is 0.453. The van der Waals surface area contributed by atoms with Crippen LogP contribution >= 0.6 is 0 Å². The van der Waals surface area contributed by atoms with Gasteiger partial charge in [-0.05, 0) is 30.5 Å². The van der Waals surface area contributed by atoms with Crippen molar-refractivity contribution in [2.75, 3.05) is 6.54 Å². The molecule has 1 fully saturated rings. The highest BCUT2D eigenvalue weighted by Crippen LogP contribution is 2.50. The molecule has 28 heavy (non-hydrogen) atoms. The molecule has 0 N–H and O–H groups in total. The molecule has 2 heterocycles. The van der Waals surface area contributed by atoms with E-state index in [2.05, 4.69) is 6.08 Å². The molecule has 2 aromatic carbocycles. The maximum atomic E-state index is 13.4. The first-order chi connectivity index (χ1) is 13.4. The third kappa shape index (κ3) is 2.18. The van der Waals surface area contributed by atoms with E-state index in [-0.39, 0.29) is 16.9 Å². The molecule has 2 aliphatic heterocycles. The molecule has 2 bridgehead atoms. The molecule has 7 nitrogen and oxygen atoms in total. The van der Waals surface area contributed by atoms with Gasteiger partial charge < -0.3 is 0 Å². The number of nitro groups is 1. The summed E-state index contributed by atoms with van der Waals surface area (Å²) in [4.78, 5) is 15.3. The molecular weight excluding hydrogens is 378 g/mol. The normalized spacial score (nSPS) is 25.7. The van der Waals surface area contributed by atoms with Crippen LogP contribution in [0.3, 0.4) is 0 Å². The summed E-state index contributed by atoms with van der Waals surface area (Å²) in [6.45, 7) is 0.288. The van der Waals surface area contributed by atoms with Gasteiger partial charge in [-0.2, -0.15) is 4.31 Å². The van der Waals surface area contributed by atoms with Gasteiger partial charge in [-0.25, -0.2) is 8.42 Å². The highest BCUT2D eigenvalue weighted by Gasteiger charge is 2.53. The minimum atomic E-state index is -4.04. The lowest BCUT2D eigenvalue weighted by molar-refractivity contribution is -0.387. The van der Waals surface area contributed by atoms with Crippen molar-refractivity contribution >= 4 is 27.1 Å². The number of aliphatic imine (C=N–C) groups is 1. The van der Waals surface area contributed by atoms with E-state index in [1.54, 1.807) is 0 Å². The number of nitro benzene ring substituents is 1. The van der Waals surface area contributed by atoms with Crippen LogP contribution in [0.25, 0.3) is 0 Å². The van der Waals surface area contributed by atoms with E-state index in [9.17, 15) is 18.5 Å². The Kier molecular flexibility index (Phi) is 3.59.